The Morgan fingerprint density at radius 1 is 1.06 bits per heavy atom. The first kappa shape index (κ1) is 23.3. The molecule has 0 spiro atoms. The topological polar surface area (TPSA) is 34.0 Å². The van der Waals surface area contributed by atoms with E-state index in [-0.39, 0.29) is 24.1 Å². The molecule has 170 valence electrons. The van der Waals surface area contributed by atoms with Gasteiger partial charge in [0.15, 0.2) is 0 Å². The number of nitrogens with one attached hydrogen (secondary N) is 1. The first-order valence-corrected chi connectivity index (χ1v) is 11.8. The molecule has 4 rings (SSSR count). The van der Waals surface area contributed by atoms with Gasteiger partial charge in [0.05, 0.1) is 0 Å². The van der Waals surface area contributed by atoms with Gasteiger partial charge in [-0.1, -0.05) is 59.6 Å². The third-order valence-electron chi connectivity index (χ3n) is 5.91. The fraction of sp³-hybridized carbons (Fsp3) is 0.222. The van der Waals surface area contributed by atoms with Gasteiger partial charge >= 0.3 is 0 Å². The summed E-state index contributed by atoms with van der Waals surface area (Å²) in [7, 11) is 0. The van der Waals surface area contributed by atoms with Crippen molar-refractivity contribution in [1.82, 2.24) is 9.88 Å². The Labute approximate surface area is 203 Å². The van der Waals surface area contributed by atoms with E-state index >= 15 is 0 Å². The lowest BCUT2D eigenvalue weighted by molar-refractivity contribution is -0.121. The molecule has 1 aromatic heterocycles. The normalized spacial score (nSPS) is 12.1. The molecular weight excluding hydrogens is 458 g/mol. The summed E-state index contributed by atoms with van der Waals surface area (Å²) in [5.74, 6) is -0.672. The summed E-state index contributed by atoms with van der Waals surface area (Å²) in [6.07, 6.45) is 2.90. The minimum Gasteiger partial charge on any atom is -0.356 e. The average molecular weight is 483 g/mol. The second kappa shape index (κ2) is 10.4. The molecule has 0 aliphatic heterocycles. The van der Waals surface area contributed by atoms with E-state index < -0.39 is 0 Å². The molecule has 0 aliphatic rings. The second-order valence-corrected chi connectivity index (χ2v) is 8.88. The van der Waals surface area contributed by atoms with Crippen LogP contribution in [0.25, 0.3) is 10.9 Å². The summed E-state index contributed by atoms with van der Waals surface area (Å²) in [5, 5.41) is 5.24. The summed E-state index contributed by atoms with van der Waals surface area (Å²) in [6, 6.07) is 20.0. The van der Waals surface area contributed by atoms with Crippen molar-refractivity contribution >= 4 is 40.0 Å². The molecule has 0 fully saturated rings. The van der Waals surface area contributed by atoms with Gasteiger partial charge in [0, 0.05) is 52.6 Å². The zero-order valence-corrected chi connectivity index (χ0v) is 19.8. The van der Waals surface area contributed by atoms with E-state index in [9.17, 15) is 9.18 Å². The van der Waals surface area contributed by atoms with Crippen LogP contribution in [0.4, 0.5) is 4.39 Å². The fourth-order valence-corrected chi connectivity index (χ4v) is 4.77. The van der Waals surface area contributed by atoms with Gasteiger partial charge in [-0.05, 0) is 60.4 Å². The molecule has 0 radical (unpaired) electrons. The number of hydrogen-bond acceptors (Lipinski definition) is 1. The van der Waals surface area contributed by atoms with Crippen LogP contribution in [0.3, 0.4) is 0 Å². The van der Waals surface area contributed by atoms with Gasteiger partial charge < -0.3 is 9.88 Å². The molecule has 6 heteroatoms. The van der Waals surface area contributed by atoms with Crippen molar-refractivity contribution in [3.63, 3.8) is 0 Å². The van der Waals surface area contributed by atoms with Crippen LogP contribution >= 0.6 is 23.2 Å². The van der Waals surface area contributed by atoms with Crippen LogP contribution in [0, 0.1) is 5.82 Å². The number of aryl methyl sites for hydroxylation is 1. The number of aromatic nitrogens is 1. The number of carbonyl (C=O) groups is 1. The van der Waals surface area contributed by atoms with Crippen LogP contribution in [0.1, 0.15) is 36.0 Å². The van der Waals surface area contributed by atoms with Crippen LogP contribution in [-0.2, 0) is 17.8 Å². The Morgan fingerprint density at radius 3 is 2.64 bits per heavy atom. The number of halogens is 3. The van der Waals surface area contributed by atoms with Crippen LogP contribution in [0.5, 0.6) is 0 Å². The molecule has 1 amide bonds. The molecule has 0 saturated carbocycles. The number of nitrogens with zero attached hydrogens (tertiary/aromatic N) is 1. The Bertz CT molecular complexity index is 1280. The molecule has 1 N–H and O–H groups in total. The number of rotatable bonds is 8. The third-order valence-corrected chi connectivity index (χ3v) is 6.49. The summed E-state index contributed by atoms with van der Waals surface area (Å²) in [6.45, 7) is 3.35. The van der Waals surface area contributed by atoms with Crippen molar-refractivity contribution in [2.24, 2.45) is 0 Å². The van der Waals surface area contributed by atoms with Gasteiger partial charge in [-0.15, -0.1) is 0 Å². The van der Waals surface area contributed by atoms with Gasteiger partial charge in [0.25, 0.3) is 0 Å². The van der Waals surface area contributed by atoms with E-state index in [2.05, 4.69) is 35.1 Å². The van der Waals surface area contributed by atoms with Crippen LogP contribution in [-0.4, -0.2) is 17.0 Å². The van der Waals surface area contributed by atoms with Gasteiger partial charge in [-0.2, -0.15) is 0 Å². The lowest BCUT2D eigenvalue weighted by atomic mass is 9.88. The molecule has 33 heavy (non-hydrogen) atoms. The number of fused-ring (bicyclic) bond motifs is 1. The van der Waals surface area contributed by atoms with Crippen molar-refractivity contribution in [2.45, 2.75) is 32.2 Å². The van der Waals surface area contributed by atoms with Crippen LogP contribution < -0.4 is 5.32 Å². The molecule has 1 heterocycles. The predicted octanol–water partition coefficient (Wildman–Crippen LogP) is 6.99. The van der Waals surface area contributed by atoms with Crippen molar-refractivity contribution in [3.8, 4) is 0 Å². The minimum atomic E-state index is -0.311. The lowest BCUT2D eigenvalue weighted by Gasteiger charge is -2.17. The van der Waals surface area contributed by atoms with E-state index in [4.69, 9.17) is 23.2 Å². The van der Waals surface area contributed by atoms with Crippen LogP contribution in [0.15, 0.2) is 72.9 Å². The Morgan fingerprint density at radius 2 is 1.88 bits per heavy atom. The average Bonchev–Trinajstić information content (AvgIpc) is 3.17. The predicted molar refractivity (Wildman–Crippen MR) is 134 cm³/mol. The molecular formula is C27H25Cl2FN2O. The highest BCUT2D eigenvalue weighted by atomic mass is 35.5. The molecule has 1 atom stereocenters. The monoisotopic (exact) mass is 482 g/mol. The maximum absolute atomic E-state index is 14.1. The van der Waals surface area contributed by atoms with Gasteiger partial charge in [0.2, 0.25) is 5.91 Å². The lowest BCUT2D eigenvalue weighted by Crippen LogP contribution is -2.27. The van der Waals surface area contributed by atoms with Gasteiger partial charge in [0.1, 0.15) is 5.82 Å². The van der Waals surface area contributed by atoms with E-state index in [1.165, 1.54) is 12.1 Å². The highest BCUT2D eigenvalue weighted by Gasteiger charge is 2.23. The quantitative estimate of drug-likeness (QED) is 0.288. The van der Waals surface area contributed by atoms with E-state index in [1.807, 2.05) is 24.3 Å². The van der Waals surface area contributed by atoms with Gasteiger partial charge in [-0.3, -0.25) is 4.79 Å². The summed E-state index contributed by atoms with van der Waals surface area (Å²) in [4.78, 5) is 13.0. The Hall–Kier alpha value is -2.82. The first-order chi connectivity index (χ1) is 16.0. The van der Waals surface area contributed by atoms with E-state index in [0.717, 1.165) is 34.1 Å². The SMILES string of the molecule is CCn1cc([C@H](CC(=O)NCCc2ccc(Cl)cc2Cl)c2cccc(F)c2)c2ccccc21. The molecule has 0 aliphatic carbocycles. The number of hydrogen-bond donors (Lipinski definition) is 1. The highest BCUT2D eigenvalue weighted by molar-refractivity contribution is 6.35. The minimum absolute atomic E-state index is 0.0947. The Balaban J connectivity index is 1.57. The molecule has 0 bridgehead atoms. The third kappa shape index (κ3) is 5.40. The fourth-order valence-electron chi connectivity index (χ4n) is 4.26. The summed E-state index contributed by atoms with van der Waals surface area (Å²) < 4.78 is 16.3. The van der Waals surface area contributed by atoms with Crippen molar-refractivity contribution < 1.29 is 9.18 Å². The first-order valence-electron chi connectivity index (χ1n) is 11.0. The summed E-state index contributed by atoms with van der Waals surface area (Å²) in [5.41, 5.74) is 3.84. The molecule has 4 aromatic rings. The second-order valence-electron chi connectivity index (χ2n) is 8.04. The molecule has 0 saturated heterocycles. The number of carbonyl (C=O) groups excluding carboxylic acids is 1. The van der Waals surface area contributed by atoms with Crippen molar-refractivity contribution in [3.05, 3.63) is 105 Å². The van der Waals surface area contributed by atoms with Crippen molar-refractivity contribution in [1.29, 1.82) is 0 Å². The molecule has 3 aromatic carbocycles. The van der Waals surface area contributed by atoms with Crippen molar-refractivity contribution in [2.75, 3.05) is 6.54 Å². The van der Waals surface area contributed by atoms with Crippen LogP contribution in [0.2, 0.25) is 10.0 Å². The zero-order valence-electron chi connectivity index (χ0n) is 18.3. The largest absolute Gasteiger partial charge is 0.356 e. The molecule has 0 unspecified atom stereocenters. The van der Waals surface area contributed by atoms with Gasteiger partial charge in [-0.25, -0.2) is 4.39 Å². The number of benzene rings is 3. The maximum atomic E-state index is 14.1. The van der Waals surface area contributed by atoms with E-state index in [1.54, 1.807) is 18.2 Å². The van der Waals surface area contributed by atoms with E-state index in [0.29, 0.717) is 23.0 Å². The molecule has 3 nitrogen and oxygen atoms in total. The number of para-hydroxylation sites is 1. The highest BCUT2D eigenvalue weighted by Crippen LogP contribution is 2.35. The standard InChI is InChI=1S/C27H25Cl2FN2O/c1-2-32-17-24(22-8-3-4-9-26(22)32)23(19-6-5-7-21(30)14-19)16-27(33)31-13-12-18-10-11-20(28)15-25(18)29/h3-11,14-15,17,23H,2,12-13,16H2,1H3,(H,31,33)/t23-/m1/s1. The smallest absolute Gasteiger partial charge is 0.220 e. The summed E-state index contributed by atoms with van der Waals surface area (Å²) >= 11 is 12.2. The zero-order chi connectivity index (χ0) is 23.4. The number of amides is 1. The Kier molecular flexibility index (Phi) is 7.36. The maximum Gasteiger partial charge on any atom is 0.220 e.